The first-order valence-electron chi connectivity index (χ1n) is 6.78. The van der Waals surface area contributed by atoms with Crippen molar-refractivity contribution >= 4 is 17.7 Å². The molecule has 128 valence electrons. The van der Waals surface area contributed by atoms with Crippen LogP contribution in [0.1, 0.15) is 30.9 Å². The Kier molecular flexibility index (Phi) is 4.46. The SMILES string of the molecule is CC1=NC(C)=C(C(=O)O)C(c2cncc(C(F)(F)F)c2)C1C(=O)O. The molecule has 2 rings (SSSR count). The Hall–Kier alpha value is -2.71. The number of aliphatic imine (C=N–C) groups is 1. The average molecular weight is 342 g/mol. The van der Waals surface area contributed by atoms with E-state index in [1.165, 1.54) is 13.8 Å². The summed E-state index contributed by atoms with van der Waals surface area (Å²) in [5.74, 6) is -5.50. The molecule has 1 aromatic rings. The molecule has 0 saturated carbocycles. The number of carboxylic acid groups (broad SMARTS) is 2. The Morgan fingerprint density at radius 3 is 2.29 bits per heavy atom. The number of aliphatic carboxylic acids is 2. The van der Waals surface area contributed by atoms with Gasteiger partial charge in [0.25, 0.3) is 0 Å². The predicted octanol–water partition coefficient (Wildman–Crippen LogP) is 2.72. The van der Waals surface area contributed by atoms with Crippen LogP contribution in [0.5, 0.6) is 0 Å². The second kappa shape index (κ2) is 6.06. The third-order valence-electron chi connectivity index (χ3n) is 3.77. The first kappa shape index (κ1) is 17.6. The van der Waals surface area contributed by atoms with Crippen molar-refractivity contribution in [1.29, 1.82) is 0 Å². The molecule has 0 aromatic carbocycles. The number of nitrogens with zero attached hydrogens (tertiary/aromatic N) is 2. The number of allylic oxidation sites excluding steroid dienone is 1. The molecule has 0 aliphatic carbocycles. The number of rotatable bonds is 3. The van der Waals surface area contributed by atoms with Crippen molar-refractivity contribution in [2.75, 3.05) is 0 Å². The van der Waals surface area contributed by atoms with Crippen LogP contribution in [0.25, 0.3) is 0 Å². The Balaban J connectivity index is 2.69. The van der Waals surface area contributed by atoms with E-state index in [0.29, 0.717) is 6.20 Å². The van der Waals surface area contributed by atoms with Crippen molar-refractivity contribution < 1.29 is 33.0 Å². The molecule has 2 atom stereocenters. The first-order valence-corrected chi connectivity index (χ1v) is 6.78. The zero-order chi connectivity index (χ0) is 18.2. The van der Waals surface area contributed by atoms with E-state index in [2.05, 4.69) is 9.98 Å². The van der Waals surface area contributed by atoms with E-state index in [1.54, 1.807) is 0 Å². The second-order valence-corrected chi connectivity index (χ2v) is 5.36. The Morgan fingerprint density at radius 2 is 1.79 bits per heavy atom. The summed E-state index contributed by atoms with van der Waals surface area (Å²) in [6, 6.07) is 0.725. The number of hydrogen-bond donors (Lipinski definition) is 2. The number of pyridine rings is 1. The number of halogens is 3. The smallest absolute Gasteiger partial charge is 0.417 e. The number of hydrogen-bond acceptors (Lipinski definition) is 4. The topological polar surface area (TPSA) is 99.9 Å². The molecular weight excluding hydrogens is 329 g/mol. The van der Waals surface area contributed by atoms with Gasteiger partial charge in [0, 0.05) is 29.7 Å². The minimum atomic E-state index is -4.68. The third-order valence-corrected chi connectivity index (χ3v) is 3.77. The molecule has 1 aromatic heterocycles. The molecule has 1 aliphatic heterocycles. The van der Waals surface area contributed by atoms with Crippen LogP contribution in [-0.2, 0) is 15.8 Å². The van der Waals surface area contributed by atoms with E-state index in [-0.39, 0.29) is 22.5 Å². The Morgan fingerprint density at radius 1 is 1.17 bits per heavy atom. The van der Waals surface area contributed by atoms with Gasteiger partial charge in [-0.25, -0.2) is 4.79 Å². The fraction of sp³-hybridized carbons (Fsp3) is 0.333. The van der Waals surface area contributed by atoms with Crippen LogP contribution in [0.2, 0.25) is 0 Å². The summed E-state index contributed by atoms with van der Waals surface area (Å²) in [6.45, 7) is 2.77. The zero-order valence-corrected chi connectivity index (χ0v) is 12.6. The van der Waals surface area contributed by atoms with Crippen molar-refractivity contribution in [2.24, 2.45) is 10.9 Å². The normalized spacial score (nSPS) is 21.5. The molecule has 0 bridgehead atoms. The van der Waals surface area contributed by atoms with E-state index in [1.807, 2.05) is 0 Å². The summed E-state index contributed by atoms with van der Waals surface area (Å²) in [7, 11) is 0. The van der Waals surface area contributed by atoms with Gasteiger partial charge in [0.1, 0.15) is 5.92 Å². The largest absolute Gasteiger partial charge is 0.481 e. The average Bonchev–Trinajstić information content (AvgIpc) is 2.44. The standard InChI is InChI=1S/C15H13F3N2O4/c1-6-10(13(21)22)12(11(14(23)24)7(2)20-6)8-3-9(5-19-4-8)15(16,17)18/h3-5,10,12H,1-2H3,(H,21,22)(H,23,24). The lowest BCUT2D eigenvalue weighted by molar-refractivity contribution is -0.140. The van der Waals surface area contributed by atoms with E-state index < -0.39 is 35.5 Å². The van der Waals surface area contributed by atoms with Gasteiger partial charge in [-0.1, -0.05) is 0 Å². The monoisotopic (exact) mass is 342 g/mol. The highest BCUT2D eigenvalue weighted by atomic mass is 19.4. The summed E-state index contributed by atoms with van der Waals surface area (Å²) in [4.78, 5) is 30.5. The minimum absolute atomic E-state index is 0.0555. The summed E-state index contributed by atoms with van der Waals surface area (Å²) in [5, 5.41) is 18.8. The predicted molar refractivity (Wildman–Crippen MR) is 76.6 cm³/mol. The maximum Gasteiger partial charge on any atom is 0.417 e. The van der Waals surface area contributed by atoms with Gasteiger partial charge in [0.05, 0.1) is 11.1 Å². The first-order chi connectivity index (χ1) is 11.0. The molecule has 24 heavy (non-hydrogen) atoms. The molecule has 1 aliphatic rings. The van der Waals surface area contributed by atoms with Gasteiger partial charge < -0.3 is 10.2 Å². The lowest BCUT2D eigenvalue weighted by Gasteiger charge is -2.29. The fourth-order valence-corrected chi connectivity index (χ4v) is 2.78. The van der Waals surface area contributed by atoms with Crippen LogP contribution in [0.15, 0.2) is 34.7 Å². The van der Waals surface area contributed by atoms with Crippen molar-refractivity contribution in [1.82, 2.24) is 4.98 Å². The zero-order valence-electron chi connectivity index (χ0n) is 12.6. The summed E-state index contributed by atoms with van der Waals surface area (Å²) in [5.41, 5.74) is -1.39. The quantitative estimate of drug-likeness (QED) is 0.880. The van der Waals surface area contributed by atoms with Crippen LogP contribution in [-0.4, -0.2) is 32.8 Å². The molecule has 2 N–H and O–H groups in total. The van der Waals surface area contributed by atoms with Gasteiger partial charge in [0.15, 0.2) is 0 Å². The fourth-order valence-electron chi connectivity index (χ4n) is 2.78. The van der Waals surface area contributed by atoms with E-state index in [4.69, 9.17) is 0 Å². The van der Waals surface area contributed by atoms with Crippen LogP contribution >= 0.6 is 0 Å². The van der Waals surface area contributed by atoms with Gasteiger partial charge in [-0.3, -0.25) is 14.8 Å². The molecule has 6 nitrogen and oxygen atoms in total. The van der Waals surface area contributed by atoms with Crippen molar-refractivity contribution in [3.05, 3.63) is 40.9 Å². The summed E-state index contributed by atoms with van der Waals surface area (Å²) >= 11 is 0. The lowest BCUT2D eigenvalue weighted by Crippen LogP contribution is -2.35. The molecule has 0 saturated heterocycles. The van der Waals surface area contributed by atoms with Crippen molar-refractivity contribution in [3.8, 4) is 0 Å². The summed E-state index contributed by atoms with van der Waals surface area (Å²) in [6.07, 6.45) is -3.04. The Labute approximate surface area is 134 Å². The number of aromatic nitrogens is 1. The molecule has 0 fully saturated rings. The Bertz CT molecular complexity index is 768. The molecule has 2 unspecified atom stereocenters. The van der Waals surface area contributed by atoms with Crippen LogP contribution in [0.3, 0.4) is 0 Å². The number of alkyl halides is 3. The van der Waals surface area contributed by atoms with Crippen molar-refractivity contribution in [3.63, 3.8) is 0 Å². The van der Waals surface area contributed by atoms with Crippen molar-refractivity contribution in [2.45, 2.75) is 25.9 Å². The molecule has 0 spiro atoms. The summed E-state index contributed by atoms with van der Waals surface area (Å²) < 4.78 is 38.7. The molecular formula is C15H13F3N2O4. The molecule has 2 heterocycles. The maximum absolute atomic E-state index is 12.9. The highest BCUT2D eigenvalue weighted by Gasteiger charge is 2.42. The minimum Gasteiger partial charge on any atom is -0.481 e. The third kappa shape index (κ3) is 3.15. The maximum atomic E-state index is 12.9. The second-order valence-electron chi connectivity index (χ2n) is 5.36. The van der Waals surface area contributed by atoms with E-state index in [9.17, 15) is 33.0 Å². The molecule has 0 radical (unpaired) electrons. The number of carboxylic acids is 2. The van der Waals surface area contributed by atoms with Crippen LogP contribution in [0, 0.1) is 5.92 Å². The van der Waals surface area contributed by atoms with E-state index >= 15 is 0 Å². The highest BCUT2D eigenvalue weighted by Crippen LogP contribution is 2.40. The molecule has 0 amide bonds. The lowest BCUT2D eigenvalue weighted by atomic mass is 9.76. The van der Waals surface area contributed by atoms with Gasteiger partial charge >= 0.3 is 18.1 Å². The molecule has 9 heteroatoms. The highest BCUT2D eigenvalue weighted by molar-refractivity contribution is 6.06. The van der Waals surface area contributed by atoms with Crippen LogP contribution < -0.4 is 0 Å². The van der Waals surface area contributed by atoms with Gasteiger partial charge in [-0.05, 0) is 25.5 Å². The van der Waals surface area contributed by atoms with Gasteiger partial charge in [0.2, 0.25) is 0 Å². The van der Waals surface area contributed by atoms with Gasteiger partial charge in [-0.15, -0.1) is 0 Å². The van der Waals surface area contributed by atoms with Gasteiger partial charge in [-0.2, -0.15) is 13.2 Å². The number of carbonyl (C=O) groups is 2. The van der Waals surface area contributed by atoms with E-state index in [0.717, 1.165) is 12.3 Å². The van der Waals surface area contributed by atoms with Crippen LogP contribution in [0.4, 0.5) is 13.2 Å².